The summed E-state index contributed by atoms with van der Waals surface area (Å²) >= 11 is 0. The van der Waals surface area contributed by atoms with Gasteiger partial charge in [-0.1, -0.05) is 6.07 Å². The molecule has 0 bridgehead atoms. The zero-order chi connectivity index (χ0) is 15.6. The number of pyridine rings is 1. The normalized spacial score (nSPS) is 10.6. The summed E-state index contributed by atoms with van der Waals surface area (Å²) in [6, 6.07) is 3.52. The van der Waals surface area contributed by atoms with Crippen molar-refractivity contribution in [1.29, 1.82) is 0 Å². The molecular weight excluding hydrogens is 274 g/mol. The van der Waals surface area contributed by atoms with Gasteiger partial charge in [-0.05, 0) is 18.6 Å². The van der Waals surface area contributed by atoms with Gasteiger partial charge in [0.05, 0.1) is 6.42 Å². The van der Waals surface area contributed by atoms with Gasteiger partial charge in [-0.3, -0.25) is 18.8 Å². The zero-order valence-corrected chi connectivity index (χ0v) is 11.7. The Balaban J connectivity index is 2.38. The largest absolute Gasteiger partial charge is 0.481 e. The van der Waals surface area contributed by atoms with E-state index >= 15 is 0 Å². The Morgan fingerprint density at radius 3 is 2.76 bits per heavy atom. The molecule has 7 nitrogen and oxygen atoms in total. The van der Waals surface area contributed by atoms with Crippen molar-refractivity contribution in [2.45, 2.75) is 13.3 Å². The van der Waals surface area contributed by atoms with Crippen molar-refractivity contribution >= 4 is 17.5 Å². The first-order valence-electron chi connectivity index (χ1n) is 6.35. The summed E-state index contributed by atoms with van der Waals surface area (Å²) in [6.45, 7) is 1.86. The van der Waals surface area contributed by atoms with Gasteiger partial charge in [0.2, 0.25) is 0 Å². The summed E-state index contributed by atoms with van der Waals surface area (Å²) in [5.74, 6) is -1.54. The maximum absolute atomic E-state index is 12.3. The molecule has 0 aliphatic carbocycles. The van der Waals surface area contributed by atoms with Crippen molar-refractivity contribution in [3.8, 4) is 0 Å². The molecule has 2 rings (SSSR count). The second-order valence-electron chi connectivity index (χ2n) is 4.78. The number of hydrogen-bond donors (Lipinski definition) is 1. The first kappa shape index (κ1) is 14.7. The minimum absolute atomic E-state index is 0.0319. The smallest absolute Gasteiger partial charge is 0.305 e. The van der Waals surface area contributed by atoms with Crippen LogP contribution in [0.1, 0.15) is 22.3 Å². The lowest BCUT2D eigenvalue weighted by atomic mass is 10.2. The number of rotatable bonds is 4. The number of carboxylic acids is 1. The quantitative estimate of drug-likeness (QED) is 0.887. The van der Waals surface area contributed by atoms with E-state index in [-0.39, 0.29) is 18.5 Å². The predicted octanol–water partition coefficient (Wildman–Crippen LogP) is 0.550. The van der Waals surface area contributed by atoms with Gasteiger partial charge in [0, 0.05) is 26.0 Å². The average molecular weight is 289 g/mol. The second kappa shape index (κ2) is 5.74. The maximum atomic E-state index is 12.3. The molecule has 0 spiro atoms. The predicted molar refractivity (Wildman–Crippen MR) is 75.4 cm³/mol. The van der Waals surface area contributed by atoms with Crippen LogP contribution >= 0.6 is 0 Å². The molecule has 2 aromatic heterocycles. The highest BCUT2D eigenvalue weighted by Gasteiger charge is 2.18. The van der Waals surface area contributed by atoms with Crippen molar-refractivity contribution in [3.63, 3.8) is 0 Å². The molecule has 2 aromatic rings. The Bertz CT molecular complexity index is 766. The maximum Gasteiger partial charge on any atom is 0.305 e. The summed E-state index contributed by atoms with van der Waals surface area (Å²) in [5.41, 5.74) is 0.785. The number of fused-ring (bicyclic) bond motifs is 1. The Hall–Kier alpha value is -2.70. The molecule has 0 aliphatic heterocycles. The summed E-state index contributed by atoms with van der Waals surface area (Å²) in [5, 5.41) is 8.63. The van der Waals surface area contributed by atoms with Crippen LogP contribution < -0.4 is 5.56 Å². The van der Waals surface area contributed by atoms with Crippen molar-refractivity contribution in [2.24, 2.45) is 0 Å². The number of amides is 1. The minimum Gasteiger partial charge on any atom is -0.481 e. The van der Waals surface area contributed by atoms with Gasteiger partial charge in [-0.25, -0.2) is 4.98 Å². The number of nitrogens with zero attached hydrogens (tertiary/aromatic N) is 3. The molecule has 0 atom stereocenters. The first-order chi connectivity index (χ1) is 9.90. The second-order valence-corrected chi connectivity index (χ2v) is 4.78. The third kappa shape index (κ3) is 3.07. The molecule has 7 heteroatoms. The van der Waals surface area contributed by atoms with Gasteiger partial charge >= 0.3 is 5.97 Å². The van der Waals surface area contributed by atoms with E-state index in [0.717, 1.165) is 5.56 Å². The van der Waals surface area contributed by atoms with Crippen LogP contribution in [-0.4, -0.2) is 44.9 Å². The highest BCUT2D eigenvalue weighted by Crippen LogP contribution is 2.03. The molecule has 0 fully saturated rings. The molecule has 0 aromatic carbocycles. The lowest BCUT2D eigenvalue weighted by Crippen LogP contribution is -2.34. The van der Waals surface area contributed by atoms with Crippen LogP contribution in [0.25, 0.3) is 5.65 Å². The number of carbonyl (C=O) groups excluding carboxylic acids is 1. The fourth-order valence-corrected chi connectivity index (χ4v) is 1.90. The van der Waals surface area contributed by atoms with Crippen LogP contribution in [0.2, 0.25) is 0 Å². The van der Waals surface area contributed by atoms with E-state index in [4.69, 9.17) is 5.11 Å². The van der Waals surface area contributed by atoms with E-state index in [2.05, 4.69) is 4.98 Å². The third-order valence-corrected chi connectivity index (χ3v) is 3.09. The minimum atomic E-state index is -1.00. The Labute approximate surface area is 120 Å². The van der Waals surface area contributed by atoms with Crippen LogP contribution in [0.4, 0.5) is 0 Å². The van der Waals surface area contributed by atoms with Gasteiger partial charge in [0.15, 0.2) is 0 Å². The highest BCUT2D eigenvalue weighted by atomic mass is 16.4. The molecule has 1 N–H and O–H groups in total. The molecule has 110 valence electrons. The van der Waals surface area contributed by atoms with E-state index in [0.29, 0.717) is 5.65 Å². The van der Waals surface area contributed by atoms with Crippen molar-refractivity contribution in [1.82, 2.24) is 14.3 Å². The number of carboxylic acid groups (broad SMARTS) is 1. The zero-order valence-electron chi connectivity index (χ0n) is 11.7. The molecular formula is C14H15N3O4. The van der Waals surface area contributed by atoms with E-state index in [9.17, 15) is 14.4 Å². The number of aliphatic carboxylic acids is 1. The molecule has 0 unspecified atom stereocenters. The van der Waals surface area contributed by atoms with E-state index in [1.165, 1.54) is 22.5 Å². The third-order valence-electron chi connectivity index (χ3n) is 3.09. The molecule has 0 radical (unpaired) electrons. The van der Waals surface area contributed by atoms with Crippen LogP contribution in [-0.2, 0) is 4.79 Å². The Morgan fingerprint density at radius 1 is 1.38 bits per heavy atom. The molecule has 0 aliphatic rings. The van der Waals surface area contributed by atoms with Gasteiger partial charge in [0.1, 0.15) is 11.2 Å². The summed E-state index contributed by atoms with van der Waals surface area (Å²) in [4.78, 5) is 40.3. The molecule has 21 heavy (non-hydrogen) atoms. The lowest BCUT2D eigenvalue weighted by Gasteiger charge is -2.15. The monoisotopic (exact) mass is 289 g/mol. The number of aryl methyl sites for hydroxylation is 1. The molecule has 1 amide bonds. The van der Waals surface area contributed by atoms with Crippen molar-refractivity contribution in [2.75, 3.05) is 13.6 Å². The fourth-order valence-electron chi connectivity index (χ4n) is 1.90. The number of carbonyl (C=O) groups is 2. The van der Waals surface area contributed by atoms with Crippen LogP contribution in [0.5, 0.6) is 0 Å². The van der Waals surface area contributed by atoms with Crippen LogP contribution in [0.15, 0.2) is 29.3 Å². The summed E-state index contributed by atoms with van der Waals surface area (Å²) in [6.07, 6.45) is 2.66. The Kier molecular flexibility index (Phi) is 4.02. The molecule has 2 heterocycles. The number of aromatic nitrogens is 2. The average Bonchev–Trinajstić information content (AvgIpc) is 2.45. The molecule has 0 saturated heterocycles. The van der Waals surface area contributed by atoms with Crippen molar-refractivity contribution < 1.29 is 14.7 Å². The van der Waals surface area contributed by atoms with E-state index in [1.807, 2.05) is 13.0 Å². The van der Waals surface area contributed by atoms with Crippen molar-refractivity contribution in [3.05, 3.63) is 46.0 Å². The van der Waals surface area contributed by atoms with Gasteiger partial charge in [-0.15, -0.1) is 0 Å². The SMILES string of the molecule is Cc1ccc2ncc(C(=O)N(C)CCC(=O)O)c(=O)n2c1. The standard InChI is InChI=1S/C14H15N3O4/c1-9-3-4-11-15-7-10(14(21)17(11)8-9)13(20)16(2)6-5-12(18)19/h3-4,7-8H,5-6H2,1-2H3,(H,18,19). The molecule has 0 saturated carbocycles. The topological polar surface area (TPSA) is 92.0 Å². The summed E-state index contributed by atoms with van der Waals surface area (Å²) < 4.78 is 1.31. The van der Waals surface area contributed by atoms with Crippen LogP contribution in [0, 0.1) is 6.92 Å². The Morgan fingerprint density at radius 2 is 2.10 bits per heavy atom. The van der Waals surface area contributed by atoms with Gasteiger partial charge in [-0.2, -0.15) is 0 Å². The van der Waals surface area contributed by atoms with Gasteiger partial charge < -0.3 is 10.0 Å². The first-order valence-corrected chi connectivity index (χ1v) is 6.35. The highest BCUT2D eigenvalue weighted by molar-refractivity contribution is 5.93. The van der Waals surface area contributed by atoms with Gasteiger partial charge in [0.25, 0.3) is 11.5 Å². The van der Waals surface area contributed by atoms with Crippen LogP contribution in [0.3, 0.4) is 0 Å². The fraction of sp³-hybridized carbons (Fsp3) is 0.286. The van der Waals surface area contributed by atoms with E-state index in [1.54, 1.807) is 12.3 Å². The van der Waals surface area contributed by atoms with E-state index < -0.39 is 17.4 Å². The lowest BCUT2D eigenvalue weighted by molar-refractivity contribution is -0.137. The summed E-state index contributed by atoms with van der Waals surface area (Å²) in [7, 11) is 1.45. The number of hydrogen-bond acceptors (Lipinski definition) is 4.